The molecule has 0 unspecified atom stereocenters. The molecular formula is C11H11N3O2S. The third-order valence-corrected chi connectivity index (χ3v) is 3.17. The first kappa shape index (κ1) is 11.5. The van der Waals surface area contributed by atoms with Crippen LogP contribution in [0.15, 0.2) is 34.6 Å². The van der Waals surface area contributed by atoms with Crippen LogP contribution >= 0.6 is 11.8 Å². The summed E-state index contributed by atoms with van der Waals surface area (Å²) >= 11 is 1.36. The maximum absolute atomic E-state index is 11.0. The highest BCUT2D eigenvalue weighted by Gasteiger charge is 2.12. The molecule has 0 radical (unpaired) electrons. The molecule has 0 fully saturated rings. The minimum atomic E-state index is -1.02. The van der Waals surface area contributed by atoms with Crippen molar-refractivity contribution in [3.05, 3.63) is 35.7 Å². The number of nitrogens with zero attached hydrogens (tertiary/aromatic N) is 1. The first-order valence-electron chi connectivity index (χ1n) is 4.88. The lowest BCUT2D eigenvalue weighted by Crippen LogP contribution is -2.04. The molecular weight excluding hydrogens is 238 g/mol. The maximum atomic E-state index is 11.0. The number of anilines is 1. The largest absolute Gasteiger partial charge is 0.478 e. The van der Waals surface area contributed by atoms with Crippen molar-refractivity contribution in [2.75, 3.05) is 5.73 Å². The van der Waals surface area contributed by atoms with Gasteiger partial charge in [0.05, 0.1) is 5.56 Å². The number of aryl methyl sites for hydroxylation is 1. The Kier molecular flexibility index (Phi) is 3.06. The number of H-pyrrole nitrogens is 1. The van der Waals surface area contributed by atoms with E-state index in [1.54, 1.807) is 25.4 Å². The second-order valence-corrected chi connectivity index (χ2v) is 4.57. The average molecular weight is 249 g/mol. The Morgan fingerprint density at radius 3 is 2.88 bits per heavy atom. The van der Waals surface area contributed by atoms with Crippen LogP contribution in [0.25, 0.3) is 0 Å². The van der Waals surface area contributed by atoms with Crippen LogP contribution in [0.2, 0.25) is 0 Å². The number of carboxylic acids is 1. The summed E-state index contributed by atoms with van der Waals surface area (Å²) in [5.74, 6) is -1.02. The number of rotatable bonds is 3. The van der Waals surface area contributed by atoms with Gasteiger partial charge >= 0.3 is 5.97 Å². The third kappa shape index (κ3) is 2.42. The first-order chi connectivity index (χ1) is 8.08. The molecule has 6 heteroatoms. The van der Waals surface area contributed by atoms with Gasteiger partial charge in [0.15, 0.2) is 5.16 Å². The molecule has 0 aliphatic rings. The molecule has 17 heavy (non-hydrogen) atoms. The van der Waals surface area contributed by atoms with E-state index in [9.17, 15) is 4.79 Å². The van der Waals surface area contributed by atoms with Gasteiger partial charge in [-0.25, -0.2) is 9.78 Å². The molecule has 0 saturated heterocycles. The molecule has 0 atom stereocenters. The number of carboxylic acid groups (broad SMARTS) is 1. The Labute approximate surface area is 102 Å². The fraction of sp³-hybridized carbons (Fsp3) is 0.0909. The fourth-order valence-electron chi connectivity index (χ4n) is 1.42. The second-order valence-electron chi connectivity index (χ2n) is 3.50. The summed E-state index contributed by atoms with van der Waals surface area (Å²) in [6.45, 7) is 1.79. The Morgan fingerprint density at radius 2 is 2.29 bits per heavy atom. The van der Waals surface area contributed by atoms with Crippen LogP contribution in [-0.4, -0.2) is 21.0 Å². The van der Waals surface area contributed by atoms with Crippen LogP contribution in [0.1, 0.15) is 15.9 Å². The minimum absolute atomic E-state index is 0.124. The van der Waals surface area contributed by atoms with Crippen LogP contribution in [0.4, 0.5) is 5.69 Å². The number of hydrogen-bond donors (Lipinski definition) is 3. The van der Waals surface area contributed by atoms with Crippen LogP contribution in [0.3, 0.4) is 0 Å². The molecule has 1 aromatic carbocycles. The van der Waals surface area contributed by atoms with E-state index in [-0.39, 0.29) is 5.56 Å². The average Bonchev–Trinajstić information content (AvgIpc) is 2.75. The molecule has 0 spiro atoms. The number of aromatic carboxylic acids is 1. The zero-order chi connectivity index (χ0) is 12.4. The molecule has 88 valence electrons. The highest BCUT2D eigenvalue weighted by molar-refractivity contribution is 7.99. The first-order valence-corrected chi connectivity index (χ1v) is 5.70. The minimum Gasteiger partial charge on any atom is -0.478 e. The molecule has 0 saturated carbocycles. The molecule has 2 aromatic rings. The summed E-state index contributed by atoms with van der Waals surface area (Å²) in [7, 11) is 0. The number of benzene rings is 1. The number of aromatic nitrogens is 2. The summed E-state index contributed by atoms with van der Waals surface area (Å²) in [5, 5.41) is 9.74. The quantitative estimate of drug-likeness (QED) is 0.725. The predicted molar refractivity (Wildman–Crippen MR) is 65.3 cm³/mol. The standard InChI is InChI=1S/C11H11N3O2S/c1-6-4-7(17-11-13-2-3-14-11)5-8(9(6)12)10(15)16/h2-5H,12H2,1H3,(H,13,14)(H,15,16). The topological polar surface area (TPSA) is 92.0 Å². The molecule has 2 rings (SSSR count). The van der Waals surface area contributed by atoms with Crippen LogP contribution in [0, 0.1) is 6.92 Å². The van der Waals surface area contributed by atoms with Gasteiger partial charge in [0.2, 0.25) is 0 Å². The zero-order valence-corrected chi connectivity index (χ0v) is 9.91. The van der Waals surface area contributed by atoms with Crippen molar-refractivity contribution < 1.29 is 9.90 Å². The highest BCUT2D eigenvalue weighted by Crippen LogP contribution is 2.29. The van der Waals surface area contributed by atoms with E-state index in [4.69, 9.17) is 10.8 Å². The summed E-state index contributed by atoms with van der Waals surface area (Å²) in [6.07, 6.45) is 3.36. The molecule has 0 aliphatic carbocycles. The fourth-order valence-corrected chi connectivity index (χ4v) is 2.30. The van der Waals surface area contributed by atoms with E-state index in [0.29, 0.717) is 10.8 Å². The van der Waals surface area contributed by atoms with Gasteiger partial charge in [0.25, 0.3) is 0 Å². The van der Waals surface area contributed by atoms with Crippen molar-refractivity contribution in [2.45, 2.75) is 17.0 Å². The van der Waals surface area contributed by atoms with Gasteiger partial charge in [-0.2, -0.15) is 0 Å². The van der Waals surface area contributed by atoms with Gasteiger partial charge < -0.3 is 15.8 Å². The third-order valence-electron chi connectivity index (χ3n) is 2.28. The summed E-state index contributed by atoms with van der Waals surface area (Å²) in [5.41, 5.74) is 6.89. The zero-order valence-electron chi connectivity index (χ0n) is 9.10. The number of imidazole rings is 1. The normalized spacial score (nSPS) is 10.4. The van der Waals surface area contributed by atoms with Crippen molar-refractivity contribution in [2.24, 2.45) is 0 Å². The van der Waals surface area contributed by atoms with Gasteiger partial charge in [-0.3, -0.25) is 0 Å². The number of carbonyl (C=O) groups is 1. The molecule has 0 aliphatic heterocycles. The van der Waals surface area contributed by atoms with Crippen molar-refractivity contribution in [1.82, 2.24) is 9.97 Å². The van der Waals surface area contributed by atoms with Gasteiger partial charge in [-0.1, -0.05) is 11.8 Å². The van der Waals surface area contributed by atoms with Gasteiger partial charge in [0.1, 0.15) is 0 Å². The van der Waals surface area contributed by atoms with Gasteiger partial charge in [-0.15, -0.1) is 0 Å². The van der Waals surface area contributed by atoms with Crippen molar-refractivity contribution >= 4 is 23.4 Å². The van der Waals surface area contributed by atoms with Crippen LogP contribution in [0.5, 0.6) is 0 Å². The lowest BCUT2D eigenvalue weighted by molar-refractivity contribution is 0.0697. The smallest absolute Gasteiger partial charge is 0.337 e. The number of hydrogen-bond acceptors (Lipinski definition) is 4. The van der Waals surface area contributed by atoms with Gasteiger partial charge in [-0.05, 0) is 24.6 Å². The van der Waals surface area contributed by atoms with Crippen molar-refractivity contribution in [1.29, 1.82) is 0 Å². The molecule has 5 nitrogen and oxygen atoms in total. The van der Waals surface area contributed by atoms with E-state index in [2.05, 4.69) is 9.97 Å². The predicted octanol–water partition coefficient (Wildman–Crippen LogP) is 2.15. The molecule has 1 heterocycles. The Morgan fingerprint density at radius 1 is 1.53 bits per heavy atom. The lowest BCUT2D eigenvalue weighted by Gasteiger charge is -2.07. The van der Waals surface area contributed by atoms with E-state index in [0.717, 1.165) is 10.5 Å². The summed E-state index contributed by atoms with van der Waals surface area (Å²) < 4.78 is 0. The summed E-state index contributed by atoms with van der Waals surface area (Å²) in [6, 6.07) is 3.40. The van der Waals surface area contributed by atoms with Crippen molar-refractivity contribution in [3.8, 4) is 0 Å². The van der Waals surface area contributed by atoms with Crippen LogP contribution in [-0.2, 0) is 0 Å². The van der Waals surface area contributed by atoms with Crippen LogP contribution < -0.4 is 5.73 Å². The van der Waals surface area contributed by atoms with E-state index >= 15 is 0 Å². The maximum Gasteiger partial charge on any atom is 0.337 e. The monoisotopic (exact) mass is 249 g/mol. The molecule has 0 bridgehead atoms. The Bertz CT molecular complexity index is 552. The molecule has 4 N–H and O–H groups in total. The molecule has 1 aromatic heterocycles. The Hall–Kier alpha value is -1.95. The lowest BCUT2D eigenvalue weighted by atomic mass is 10.1. The van der Waals surface area contributed by atoms with E-state index in [1.807, 2.05) is 6.07 Å². The number of nitrogens with two attached hydrogens (primary N) is 1. The number of nitrogens with one attached hydrogen (secondary N) is 1. The molecule has 0 amide bonds. The number of aromatic amines is 1. The number of nitrogen functional groups attached to an aromatic ring is 1. The van der Waals surface area contributed by atoms with E-state index in [1.165, 1.54) is 11.8 Å². The SMILES string of the molecule is Cc1cc(Sc2ncc[nH]2)cc(C(=O)O)c1N. The summed E-state index contributed by atoms with van der Waals surface area (Å²) in [4.78, 5) is 18.8. The van der Waals surface area contributed by atoms with Gasteiger partial charge in [0, 0.05) is 23.0 Å². The Balaban J connectivity index is 2.39. The van der Waals surface area contributed by atoms with E-state index < -0.39 is 5.97 Å². The van der Waals surface area contributed by atoms with Crippen molar-refractivity contribution in [3.63, 3.8) is 0 Å². The second kappa shape index (κ2) is 4.50. The highest BCUT2D eigenvalue weighted by atomic mass is 32.2.